The highest BCUT2D eigenvalue weighted by Gasteiger charge is 2.47. The molecule has 5 N–H and O–H groups in total. The van der Waals surface area contributed by atoms with Crippen LogP contribution in [0.3, 0.4) is 0 Å². The molecule has 1 aliphatic heterocycles. The quantitative estimate of drug-likeness (QED) is 0.230. The smallest absolute Gasteiger partial charge is 0.223 e. The molecule has 0 aromatic carbocycles. The number of rotatable bonds is 5. The number of aliphatic hydroxyl groups excluding tert-OH is 4. The van der Waals surface area contributed by atoms with Gasteiger partial charge in [0.05, 0.1) is 43.0 Å². The summed E-state index contributed by atoms with van der Waals surface area (Å²) in [7, 11) is 0. The molecule has 0 aromatic heterocycles. The second-order valence-electron chi connectivity index (χ2n) is 14.2. The number of nitrogens with one attached hydrogen (secondary N) is 1. The first-order valence-electron chi connectivity index (χ1n) is 13.6. The van der Waals surface area contributed by atoms with E-state index in [1.807, 2.05) is 34.6 Å². The maximum atomic E-state index is 12.7. The van der Waals surface area contributed by atoms with E-state index in [4.69, 9.17) is 9.47 Å². The summed E-state index contributed by atoms with van der Waals surface area (Å²) < 4.78 is 12.5. The van der Waals surface area contributed by atoms with Crippen LogP contribution in [0, 0.1) is 16.2 Å². The number of carbonyl (C=O) groups excluding carboxylic acids is 1. The Hall–Kier alpha value is -0.420. The first kappa shape index (κ1) is 34.6. The van der Waals surface area contributed by atoms with Crippen molar-refractivity contribution in [3.63, 3.8) is 0 Å². The molecule has 8 nitrogen and oxygen atoms in total. The van der Waals surface area contributed by atoms with E-state index in [-0.39, 0.29) is 29.8 Å². The van der Waals surface area contributed by atoms with Crippen LogP contribution in [0.5, 0.6) is 0 Å². The lowest BCUT2D eigenvalue weighted by Gasteiger charge is -2.47. The van der Waals surface area contributed by atoms with Crippen molar-refractivity contribution in [2.45, 2.75) is 143 Å². The maximum absolute atomic E-state index is 12.7. The minimum Gasteiger partial charge on any atom is -0.390 e. The van der Waals surface area contributed by atoms with E-state index in [9.17, 15) is 25.2 Å². The first-order valence-corrected chi connectivity index (χ1v) is 14.2. The zero-order chi connectivity index (χ0) is 29.0. The van der Waals surface area contributed by atoms with Crippen molar-refractivity contribution in [1.29, 1.82) is 0 Å². The second kappa shape index (κ2) is 13.3. The van der Waals surface area contributed by atoms with Crippen molar-refractivity contribution >= 4 is 18.5 Å². The fraction of sp³-hybridized carbons (Fsp3) is 0.964. The van der Waals surface area contributed by atoms with Crippen LogP contribution in [-0.4, -0.2) is 87.0 Å². The van der Waals surface area contributed by atoms with Crippen LogP contribution in [0.1, 0.15) is 94.9 Å². The van der Waals surface area contributed by atoms with E-state index in [1.165, 1.54) is 0 Å². The van der Waals surface area contributed by atoms with E-state index in [1.54, 1.807) is 0 Å². The fourth-order valence-corrected chi connectivity index (χ4v) is 5.89. The predicted molar refractivity (Wildman–Crippen MR) is 150 cm³/mol. The number of ether oxygens (including phenoxy) is 2. The molecule has 1 saturated heterocycles. The third-order valence-corrected chi connectivity index (χ3v) is 6.99. The van der Waals surface area contributed by atoms with Gasteiger partial charge in [0, 0.05) is 0 Å². The number of aliphatic hydroxyl groups is 4. The molecular formula is C28H55NO7S. The van der Waals surface area contributed by atoms with Crippen LogP contribution in [0.2, 0.25) is 0 Å². The molecule has 2 rings (SSSR count). The van der Waals surface area contributed by atoms with Gasteiger partial charge in [-0.05, 0) is 55.1 Å². The van der Waals surface area contributed by atoms with Gasteiger partial charge in [-0.15, -0.1) is 0 Å². The van der Waals surface area contributed by atoms with Gasteiger partial charge in [0.2, 0.25) is 5.91 Å². The summed E-state index contributed by atoms with van der Waals surface area (Å²) in [6, 6.07) is -0.756. The van der Waals surface area contributed by atoms with E-state index < -0.39 is 53.7 Å². The molecule has 7 atom stereocenters. The number of thiol groups is 1. The molecule has 1 saturated carbocycles. The van der Waals surface area contributed by atoms with Gasteiger partial charge in [0.15, 0.2) is 0 Å². The SMILES string of the molecule is CC(C)(C)CC(C)(C)C1OC(C)(C)CC(=O)NC(COC2CC(C)(C)CC(O)C(O)C2O)C1O.CCS. The average molecular weight is 550 g/mol. The number of hydrogen-bond acceptors (Lipinski definition) is 8. The van der Waals surface area contributed by atoms with Gasteiger partial charge in [-0.3, -0.25) is 4.79 Å². The lowest BCUT2D eigenvalue weighted by molar-refractivity contribution is -0.194. The van der Waals surface area contributed by atoms with Crippen molar-refractivity contribution in [1.82, 2.24) is 5.32 Å². The molecule has 220 valence electrons. The average Bonchev–Trinajstić information content (AvgIpc) is 2.76. The monoisotopic (exact) mass is 549 g/mol. The third-order valence-electron chi connectivity index (χ3n) is 6.99. The van der Waals surface area contributed by atoms with Crippen LogP contribution >= 0.6 is 12.6 Å². The molecule has 0 radical (unpaired) electrons. The zero-order valence-electron chi connectivity index (χ0n) is 24.7. The van der Waals surface area contributed by atoms with Gasteiger partial charge in [0.25, 0.3) is 0 Å². The Bertz CT molecular complexity index is 722. The Morgan fingerprint density at radius 1 is 1.00 bits per heavy atom. The Balaban J connectivity index is 0.00000217. The molecule has 37 heavy (non-hydrogen) atoms. The van der Waals surface area contributed by atoms with Gasteiger partial charge in [-0.2, -0.15) is 12.6 Å². The van der Waals surface area contributed by atoms with Gasteiger partial charge in [-0.1, -0.05) is 55.4 Å². The van der Waals surface area contributed by atoms with Crippen molar-refractivity contribution in [2.75, 3.05) is 12.4 Å². The van der Waals surface area contributed by atoms with Gasteiger partial charge in [-0.25, -0.2) is 0 Å². The van der Waals surface area contributed by atoms with Gasteiger partial charge in [0.1, 0.15) is 18.3 Å². The summed E-state index contributed by atoms with van der Waals surface area (Å²) in [6.45, 7) is 20.1. The summed E-state index contributed by atoms with van der Waals surface area (Å²) >= 11 is 3.79. The number of hydrogen-bond donors (Lipinski definition) is 6. The van der Waals surface area contributed by atoms with Crippen LogP contribution in [0.4, 0.5) is 0 Å². The first-order chi connectivity index (χ1) is 16.6. The minimum atomic E-state index is -1.33. The molecule has 2 aliphatic rings. The van der Waals surface area contributed by atoms with Crippen molar-refractivity contribution < 1.29 is 34.7 Å². The molecule has 2 fully saturated rings. The standard InChI is InChI=1S/C26H49NO7.C2H6S/c1-23(2,3)14-25(6,7)22-19(30)15(27-18(29)12-26(8,9)34-22)13-33-17-11-24(4,5)10-16(28)20(31)21(17)32;1-2-3/h15-17,19-22,28,30-32H,10-14H2,1-9H3,(H,27,29);3H,2H2,1H3. The molecule has 0 bridgehead atoms. The predicted octanol–water partition coefficient (Wildman–Crippen LogP) is 3.09. The summed E-state index contributed by atoms with van der Waals surface area (Å²) in [6.07, 6.45) is -4.35. The maximum Gasteiger partial charge on any atom is 0.223 e. The van der Waals surface area contributed by atoms with Gasteiger partial charge >= 0.3 is 0 Å². The second-order valence-corrected chi connectivity index (χ2v) is 14.8. The molecule has 1 heterocycles. The van der Waals surface area contributed by atoms with Crippen LogP contribution in [-0.2, 0) is 14.3 Å². The molecule has 0 spiro atoms. The highest BCUT2D eigenvalue weighted by atomic mass is 32.1. The molecule has 0 aromatic rings. The summed E-state index contributed by atoms with van der Waals surface area (Å²) in [5.74, 6) is 0.696. The molecule has 9 heteroatoms. The van der Waals surface area contributed by atoms with Crippen molar-refractivity contribution in [2.24, 2.45) is 16.2 Å². The summed E-state index contributed by atoms with van der Waals surface area (Å²) in [4.78, 5) is 12.7. The number of carbonyl (C=O) groups is 1. The lowest BCUT2D eigenvalue weighted by Crippen LogP contribution is -2.61. The van der Waals surface area contributed by atoms with Crippen LogP contribution in [0.15, 0.2) is 0 Å². The van der Waals surface area contributed by atoms with Crippen LogP contribution in [0.25, 0.3) is 0 Å². The Morgan fingerprint density at radius 2 is 1.54 bits per heavy atom. The molecule has 1 aliphatic carbocycles. The van der Waals surface area contributed by atoms with E-state index >= 15 is 0 Å². The molecular weight excluding hydrogens is 494 g/mol. The topological polar surface area (TPSA) is 128 Å². The Labute approximate surface area is 230 Å². The lowest BCUT2D eigenvalue weighted by atomic mass is 9.70. The fourth-order valence-electron chi connectivity index (χ4n) is 5.89. The number of amides is 1. The highest BCUT2D eigenvalue weighted by molar-refractivity contribution is 7.80. The Kier molecular flexibility index (Phi) is 12.4. The Morgan fingerprint density at radius 3 is 2.05 bits per heavy atom. The largest absolute Gasteiger partial charge is 0.390 e. The highest BCUT2D eigenvalue weighted by Crippen LogP contribution is 2.42. The van der Waals surface area contributed by atoms with E-state index in [0.29, 0.717) is 12.8 Å². The van der Waals surface area contributed by atoms with Crippen molar-refractivity contribution in [3.8, 4) is 0 Å². The van der Waals surface area contributed by atoms with Crippen molar-refractivity contribution in [3.05, 3.63) is 0 Å². The molecule has 7 unspecified atom stereocenters. The third kappa shape index (κ3) is 10.9. The summed E-state index contributed by atoms with van der Waals surface area (Å²) in [5, 5.41) is 45.6. The zero-order valence-corrected chi connectivity index (χ0v) is 25.6. The van der Waals surface area contributed by atoms with Gasteiger partial charge < -0.3 is 35.2 Å². The minimum absolute atomic E-state index is 0.00134. The van der Waals surface area contributed by atoms with E-state index in [2.05, 4.69) is 52.6 Å². The normalized spacial score (nSPS) is 34.8. The summed E-state index contributed by atoms with van der Waals surface area (Å²) in [5.41, 5.74) is -1.52. The van der Waals surface area contributed by atoms with E-state index in [0.717, 1.165) is 12.2 Å². The van der Waals surface area contributed by atoms with Crippen LogP contribution < -0.4 is 5.32 Å². The molecule has 1 amide bonds.